The molecule has 0 spiro atoms. The van der Waals surface area contributed by atoms with Gasteiger partial charge in [0.05, 0.1) is 15.6 Å². The fourth-order valence-electron chi connectivity index (χ4n) is 3.27. The number of nitrogens with zero attached hydrogens (tertiary/aromatic N) is 3. The zero-order chi connectivity index (χ0) is 20.7. The zero-order valence-electron chi connectivity index (χ0n) is 15.4. The Morgan fingerprint density at radius 1 is 1.00 bits per heavy atom. The lowest BCUT2D eigenvalue weighted by molar-refractivity contribution is -0.113. The van der Waals surface area contributed by atoms with Gasteiger partial charge in [0, 0.05) is 27.0 Å². The molecule has 2 aromatic carbocycles. The first kappa shape index (κ1) is 19.2. The number of aromatic nitrogens is 1. The van der Waals surface area contributed by atoms with Crippen molar-refractivity contribution in [2.24, 2.45) is 4.99 Å². The molecule has 0 bridgehead atoms. The van der Waals surface area contributed by atoms with Crippen molar-refractivity contribution >= 4 is 72.5 Å². The largest absolute Gasteiger partial charge is 0.282 e. The number of benzene rings is 2. The van der Waals surface area contributed by atoms with Crippen LogP contribution in [-0.4, -0.2) is 16.7 Å². The Hall–Kier alpha value is -2.80. The number of hydrogen-bond donors (Lipinski definition) is 0. The fourth-order valence-corrected chi connectivity index (χ4v) is 5.03. The summed E-state index contributed by atoms with van der Waals surface area (Å²) in [5.74, 6) is 0.339. The molecular formula is C23H13BrClN3OS. The third kappa shape index (κ3) is 3.37. The highest BCUT2D eigenvalue weighted by Crippen LogP contribution is 2.39. The van der Waals surface area contributed by atoms with Crippen molar-refractivity contribution in [2.75, 3.05) is 4.90 Å². The van der Waals surface area contributed by atoms with Crippen molar-refractivity contribution in [1.82, 2.24) is 4.98 Å². The molecule has 0 unspecified atom stereocenters. The van der Waals surface area contributed by atoms with E-state index in [0.717, 1.165) is 30.7 Å². The Kier molecular flexibility index (Phi) is 4.98. The summed E-state index contributed by atoms with van der Waals surface area (Å²) in [7, 11) is 0. The van der Waals surface area contributed by atoms with Crippen molar-refractivity contribution in [2.45, 2.75) is 0 Å². The highest BCUT2D eigenvalue weighted by molar-refractivity contribution is 9.10. The highest BCUT2D eigenvalue weighted by atomic mass is 79.9. The van der Waals surface area contributed by atoms with Gasteiger partial charge in [-0.05, 0) is 54.1 Å². The average molecular weight is 495 g/mol. The van der Waals surface area contributed by atoms with E-state index in [9.17, 15) is 4.79 Å². The molecule has 0 atom stereocenters. The van der Waals surface area contributed by atoms with Gasteiger partial charge in [0.2, 0.25) is 0 Å². The number of carbonyl (C=O) groups is 1. The smallest absolute Gasteiger partial charge is 0.266 e. The molecule has 0 saturated heterocycles. The van der Waals surface area contributed by atoms with Gasteiger partial charge in [0.1, 0.15) is 5.70 Å². The summed E-state index contributed by atoms with van der Waals surface area (Å²) in [6.07, 6.45) is 5.14. The summed E-state index contributed by atoms with van der Waals surface area (Å²) in [6, 6.07) is 19.2. The van der Waals surface area contributed by atoms with Crippen molar-refractivity contribution in [3.63, 3.8) is 0 Å². The van der Waals surface area contributed by atoms with Gasteiger partial charge in [-0.1, -0.05) is 45.7 Å². The maximum Gasteiger partial charge on any atom is 0.282 e. The molecule has 1 aliphatic rings. The van der Waals surface area contributed by atoms with Crippen LogP contribution >= 0.6 is 38.9 Å². The standard InChI is InChI=1S/C23H13BrClN3OS/c24-15-5-7-16(8-6-15)28-22(21-20(25)17-3-1-2-4-19(17)30-21)27-18(23(28)29)13-14-9-11-26-12-10-14/h1-13H/b18-13+. The minimum Gasteiger partial charge on any atom is -0.266 e. The minimum atomic E-state index is -0.197. The number of rotatable bonds is 3. The van der Waals surface area contributed by atoms with Gasteiger partial charge in [-0.15, -0.1) is 11.3 Å². The lowest BCUT2D eigenvalue weighted by Crippen LogP contribution is -2.32. The monoisotopic (exact) mass is 493 g/mol. The number of carbonyl (C=O) groups excluding carboxylic acids is 1. The summed E-state index contributed by atoms with van der Waals surface area (Å²) >= 11 is 11.7. The van der Waals surface area contributed by atoms with Gasteiger partial charge in [-0.2, -0.15) is 0 Å². The number of aliphatic imine (C=N–C) groups is 1. The maximum absolute atomic E-state index is 13.4. The molecule has 7 heteroatoms. The first-order valence-corrected chi connectivity index (χ1v) is 11.1. The summed E-state index contributed by atoms with van der Waals surface area (Å²) in [5, 5.41) is 1.56. The number of amides is 1. The number of hydrogen-bond acceptors (Lipinski definition) is 4. The van der Waals surface area contributed by atoms with Crippen LogP contribution in [0.3, 0.4) is 0 Å². The molecule has 0 radical (unpaired) electrons. The second-order valence-electron chi connectivity index (χ2n) is 6.60. The normalized spacial score (nSPS) is 15.3. The topological polar surface area (TPSA) is 45.6 Å². The van der Waals surface area contributed by atoms with Crippen LogP contribution < -0.4 is 4.90 Å². The molecule has 2 aromatic heterocycles. The van der Waals surface area contributed by atoms with Gasteiger partial charge in [0.15, 0.2) is 5.84 Å². The van der Waals surface area contributed by atoms with E-state index in [2.05, 4.69) is 20.9 Å². The van der Waals surface area contributed by atoms with Gasteiger partial charge in [-0.25, -0.2) is 4.99 Å². The lowest BCUT2D eigenvalue weighted by Gasteiger charge is -2.18. The van der Waals surface area contributed by atoms with E-state index >= 15 is 0 Å². The quantitative estimate of drug-likeness (QED) is 0.303. The fraction of sp³-hybridized carbons (Fsp3) is 0. The molecule has 4 nitrogen and oxygen atoms in total. The number of thiophene rings is 1. The van der Waals surface area contributed by atoms with Crippen LogP contribution in [0.1, 0.15) is 10.4 Å². The molecule has 0 N–H and O–H groups in total. The predicted molar refractivity (Wildman–Crippen MR) is 127 cm³/mol. The molecule has 0 aliphatic carbocycles. The van der Waals surface area contributed by atoms with E-state index in [0.29, 0.717) is 16.6 Å². The zero-order valence-corrected chi connectivity index (χ0v) is 18.6. The van der Waals surface area contributed by atoms with E-state index in [1.54, 1.807) is 23.4 Å². The summed E-state index contributed by atoms with van der Waals surface area (Å²) in [5.41, 5.74) is 1.94. The van der Waals surface area contributed by atoms with Crippen molar-refractivity contribution in [3.8, 4) is 0 Å². The van der Waals surface area contributed by atoms with Gasteiger partial charge < -0.3 is 0 Å². The van der Waals surface area contributed by atoms with Crippen LogP contribution in [0.4, 0.5) is 5.69 Å². The molecule has 4 aromatic rings. The first-order valence-electron chi connectivity index (χ1n) is 9.09. The number of anilines is 1. The van der Waals surface area contributed by atoms with Crippen LogP contribution in [0.5, 0.6) is 0 Å². The van der Waals surface area contributed by atoms with E-state index in [1.165, 1.54) is 11.3 Å². The van der Waals surface area contributed by atoms with Crippen LogP contribution in [0.2, 0.25) is 5.02 Å². The minimum absolute atomic E-state index is 0.197. The maximum atomic E-state index is 13.4. The SMILES string of the molecule is O=C1/C(=C\c2ccncc2)N=C(c2sc3ccccc3c2Cl)N1c1ccc(Br)cc1. The second-order valence-corrected chi connectivity index (χ2v) is 8.95. The highest BCUT2D eigenvalue weighted by Gasteiger charge is 2.34. The van der Waals surface area contributed by atoms with Crippen LogP contribution in [-0.2, 0) is 4.79 Å². The van der Waals surface area contributed by atoms with Crippen molar-refractivity contribution in [3.05, 3.63) is 98.7 Å². The molecule has 0 fully saturated rings. The van der Waals surface area contributed by atoms with Crippen molar-refractivity contribution in [1.29, 1.82) is 0 Å². The van der Waals surface area contributed by atoms with Gasteiger partial charge in [0.25, 0.3) is 5.91 Å². The first-order chi connectivity index (χ1) is 14.6. The Bertz CT molecular complexity index is 1330. The number of fused-ring (bicyclic) bond motifs is 1. The molecule has 3 heterocycles. The van der Waals surface area contributed by atoms with E-state index in [4.69, 9.17) is 16.6 Å². The number of pyridine rings is 1. The Morgan fingerprint density at radius 2 is 1.73 bits per heavy atom. The Morgan fingerprint density at radius 3 is 2.47 bits per heavy atom. The summed E-state index contributed by atoms with van der Waals surface area (Å²) in [6.45, 7) is 0. The van der Waals surface area contributed by atoms with Gasteiger partial charge in [-0.3, -0.25) is 14.7 Å². The van der Waals surface area contributed by atoms with E-state index in [-0.39, 0.29) is 5.91 Å². The second kappa shape index (κ2) is 7.80. The van der Waals surface area contributed by atoms with Gasteiger partial charge >= 0.3 is 0 Å². The van der Waals surface area contributed by atoms with Crippen molar-refractivity contribution < 1.29 is 4.79 Å². The third-order valence-corrected chi connectivity index (χ3v) is 6.89. The molecular weight excluding hydrogens is 482 g/mol. The van der Waals surface area contributed by atoms with Crippen LogP contribution in [0.15, 0.2) is 88.2 Å². The lowest BCUT2D eigenvalue weighted by atomic mass is 10.2. The van der Waals surface area contributed by atoms with E-state index < -0.39 is 0 Å². The Balaban J connectivity index is 1.69. The van der Waals surface area contributed by atoms with Crippen LogP contribution in [0.25, 0.3) is 16.2 Å². The molecule has 1 amide bonds. The Labute approximate surface area is 190 Å². The number of halogens is 2. The predicted octanol–water partition coefficient (Wildman–Crippen LogP) is 6.55. The molecule has 0 saturated carbocycles. The summed E-state index contributed by atoms with van der Waals surface area (Å²) in [4.78, 5) is 24.5. The third-order valence-electron chi connectivity index (χ3n) is 4.69. The number of amidine groups is 1. The summed E-state index contributed by atoms with van der Waals surface area (Å²) < 4.78 is 1.98. The van der Waals surface area contributed by atoms with E-state index in [1.807, 2.05) is 60.7 Å². The molecule has 146 valence electrons. The average Bonchev–Trinajstić information content (AvgIpc) is 3.27. The molecule has 1 aliphatic heterocycles. The molecule has 5 rings (SSSR count). The molecule has 30 heavy (non-hydrogen) atoms. The van der Waals surface area contributed by atoms with Crippen LogP contribution in [0, 0.1) is 0 Å².